The largest absolute Gasteiger partial charge is 0.447 e. The van der Waals surface area contributed by atoms with Gasteiger partial charge >= 0.3 is 6.09 Å². The van der Waals surface area contributed by atoms with Crippen molar-refractivity contribution >= 4 is 45.4 Å². The molecule has 2 aromatic rings. The van der Waals surface area contributed by atoms with Crippen LogP contribution in [-0.2, 0) is 14.3 Å². The average molecular weight is 467 g/mol. The molecule has 0 radical (unpaired) electrons. The molecule has 0 aliphatic carbocycles. The molecule has 6 heteroatoms. The summed E-state index contributed by atoms with van der Waals surface area (Å²) in [5, 5.41) is 2.22. The highest BCUT2D eigenvalue weighted by Crippen LogP contribution is 2.32. The fourth-order valence-corrected chi connectivity index (χ4v) is 4.26. The summed E-state index contributed by atoms with van der Waals surface area (Å²) in [4.78, 5) is 26.4. The van der Waals surface area contributed by atoms with Crippen molar-refractivity contribution in [3.05, 3.63) is 48.0 Å². The summed E-state index contributed by atoms with van der Waals surface area (Å²) in [6.07, 6.45) is -1.02. The Morgan fingerprint density at radius 3 is 2.58 bits per heavy atom. The van der Waals surface area contributed by atoms with Gasteiger partial charge in [0, 0.05) is 7.11 Å². The van der Waals surface area contributed by atoms with Gasteiger partial charge in [-0.15, -0.1) is 0 Å². The monoisotopic (exact) mass is 467 g/mol. The predicted molar refractivity (Wildman–Crippen MR) is 108 cm³/mol. The van der Waals surface area contributed by atoms with Gasteiger partial charge in [0.2, 0.25) is 5.91 Å². The number of cyclic esters (lactones) is 1. The second-order valence-corrected chi connectivity index (χ2v) is 8.10. The molecule has 1 aliphatic heterocycles. The summed E-state index contributed by atoms with van der Waals surface area (Å²) in [6.45, 7) is 4.21. The second-order valence-electron chi connectivity index (χ2n) is 6.76. The zero-order valence-electron chi connectivity index (χ0n) is 15.0. The second kappa shape index (κ2) is 7.92. The van der Waals surface area contributed by atoms with Crippen LogP contribution in [0.3, 0.4) is 0 Å². The van der Waals surface area contributed by atoms with Crippen molar-refractivity contribution in [3.8, 4) is 0 Å². The summed E-state index contributed by atoms with van der Waals surface area (Å²) in [5.74, 6) is -0.137. The Bertz CT molecular complexity index is 822. The van der Waals surface area contributed by atoms with Crippen LogP contribution in [0.2, 0.25) is 0 Å². The number of nitrogens with zero attached hydrogens (tertiary/aromatic N) is 1. The number of carbonyl (C=O) groups is 2. The van der Waals surface area contributed by atoms with Gasteiger partial charge in [0.25, 0.3) is 0 Å². The van der Waals surface area contributed by atoms with E-state index >= 15 is 0 Å². The van der Waals surface area contributed by atoms with Crippen LogP contribution >= 0.6 is 22.6 Å². The average Bonchev–Trinajstić information content (AvgIpc) is 3.03. The van der Waals surface area contributed by atoms with Crippen LogP contribution in [0.25, 0.3) is 10.8 Å². The van der Waals surface area contributed by atoms with E-state index in [2.05, 4.69) is 22.6 Å². The van der Waals surface area contributed by atoms with Crippen LogP contribution in [0, 0.1) is 5.92 Å². The highest BCUT2D eigenvalue weighted by molar-refractivity contribution is 14.1. The lowest BCUT2D eigenvalue weighted by Crippen LogP contribution is -2.46. The number of alkyl halides is 1. The van der Waals surface area contributed by atoms with Gasteiger partial charge < -0.3 is 9.47 Å². The number of rotatable bonds is 5. The van der Waals surface area contributed by atoms with Crippen LogP contribution in [0.5, 0.6) is 0 Å². The Balaban J connectivity index is 1.88. The molecular formula is C20H22INO4. The molecule has 26 heavy (non-hydrogen) atoms. The number of carbonyl (C=O) groups excluding carboxylic acids is 2. The predicted octanol–water partition coefficient (Wildman–Crippen LogP) is 4.33. The number of fused-ring (bicyclic) bond motifs is 1. The highest BCUT2D eigenvalue weighted by Gasteiger charge is 2.43. The molecule has 1 fully saturated rings. The Morgan fingerprint density at radius 2 is 1.92 bits per heavy atom. The minimum Gasteiger partial charge on any atom is -0.447 e. The molecule has 3 atom stereocenters. The van der Waals surface area contributed by atoms with E-state index in [1.165, 1.54) is 4.90 Å². The molecule has 0 unspecified atom stereocenters. The molecule has 2 aromatic carbocycles. The summed E-state index contributed by atoms with van der Waals surface area (Å²) in [5.41, 5.74) is 0.910. The lowest BCUT2D eigenvalue weighted by Gasteiger charge is -2.28. The van der Waals surface area contributed by atoms with Crippen LogP contribution in [0.4, 0.5) is 4.79 Å². The smallest absolute Gasteiger partial charge is 0.417 e. The van der Waals surface area contributed by atoms with Crippen LogP contribution in [-0.4, -0.2) is 40.6 Å². The van der Waals surface area contributed by atoms with Crippen molar-refractivity contribution in [1.82, 2.24) is 4.90 Å². The van der Waals surface area contributed by atoms with Crippen molar-refractivity contribution < 1.29 is 19.1 Å². The van der Waals surface area contributed by atoms with E-state index in [9.17, 15) is 9.59 Å². The molecule has 1 saturated heterocycles. The van der Waals surface area contributed by atoms with Gasteiger partial charge in [0.05, 0.1) is 6.04 Å². The number of hydrogen-bond acceptors (Lipinski definition) is 4. The molecule has 1 heterocycles. The number of ether oxygens (including phenoxy) is 2. The van der Waals surface area contributed by atoms with Crippen molar-refractivity contribution in [2.45, 2.75) is 29.9 Å². The normalized spacial score (nSPS) is 19.7. The van der Waals surface area contributed by atoms with Crippen molar-refractivity contribution in [2.75, 3.05) is 13.7 Å². The van der Waals surface area contributed by atoms with Gasteiger partial charge in [0.1, 0.15) is 16.6 Å². The minimum atomic E-state index is -0.566. The lowest BCUT2D eigenvalue weighted by molar-refractivity contribution is -0.131. The Hall–Kier alpha value is -1.67. The van der Waals surface area contributed by atoms with E-state index in [1.54, 1.807) is 7.11 Å². The maximum Gasteiger partial charge on any atom is 0.417 e. The number of benzene rings is 2. The summed E-state index contributed by atoms with van der Waals surface area (Å²) >= 11 is 2.07. The van der Waals surface area contributed by atoms with E-state index in [0.29, 0.717) is 0 Å². The quantitative estimate of drug-likeness (QED) is 0.485. The molecule has 2 amide bonds. The third kappa shape index (κ3) is 3.57. The van der Waals surface area contributed by atoms with Gasteiger partial charge in [-0.3, -0.25) is 4.79 Å². The van der Waals surface area contributed by atoms with Gasteiger partial charge in [0.15, 0.2) is 0 Å². The highest BCUT2D eigenvalue weighted by atomic mass is 127. The van der Waals surface area contributed by atoms with Crippen LogP contribution in [0.1, 0.15) is 25.5 Å². The van der Waals surface area contributed by atoms with Crippen molar-refractivity contribution in [1.29, 1.82) is 0 Å². The Morgan fingerprint density at radius 1 is 1.23 bits per heavy atom. The van der Waals surface area contributed by atoms with Crippen molar-refractivity contribution in [3.63, 3.8) is 0 Å². The zero-order chi connectivity index (χ0) is 18.8. The molecule has 0 saturated carbocycles. The van der Waals surface area contributed by atoms with Crippen LogP contribution < -0.4 is 0 Å². The summed E-state index contributed by atoms with van der Waals surface area (Å²) in [7, 11) is 1.58. The molecular weight excluding hydrogens is 445 g/mol. The van der Waals surface area contributed by atoms with E-state index in [0.717, 1.165) is 16.3 Å². The van der Waals surface area contributed by atoms with Crippen molar-refractivity contribution in [2.24, 2.45) is 5.92 Å². The van der Waals surface area contributed by atoms with E-state index in [-0.39, 0.29) is 24.5 Å². The number of hydrogen-bond donors (Lipinski definition) is 0. The van der Waals surface area contributed by atoms with Gasteiger partial charge in [-0.1, -0.05) is 72.8 Å². The van der Waals surface area contributed by atoms with E-state index in [4.69, 9.17) is 9.47 Å². The molecule has 1 aliphatic rings. The molecule has 0 N–H and O–H groups in total. The maximum atomic E-state index is 13.0. The molecule has 3 rings (SSSR count). The Kier molecular flexibility index (Phi) is 5.82. The first-order valence-corrected chi connectivity index (χ1v) is 9.84. The minimum absolute atomic E-state index is 0.135. The zero-order valence-corrected chi connectivity index (χ0v) is 17.2. The molecule has 0 aromatic heterocycles. The van der Waals surface area contributed by atoms with Crippen LogP contribution in [0.15, 0.2) is 42.5 Å². The fraction of sp³-hybridized carbons (Fsp3) is 0.400. The molecule has 138 valence electrons. The SMILES string of the molecule is CO[C@H](c1ccc2ccccc2c1)[C@@H](I)C(=O)N1C(=O)OC[C@@H]1C(C)C. The first-order valence-electron chi connectivity index (χ1n) is 8.59. The third-order valence-electron chi connectivity index (χ3n) is 4.77. The summed E-state index contributed by atoms with van der Waals surface area (Å²) < 4.78 is 10.2. The number of imide groups is 1. The summed E-state index contributed by atoms with van der Waals surface area (Å²) in [6, 6.07) is 13.8. The number of amides is 2. The standard InChI is InChI=1S/C20H22INO4/c1-12(2)16-11-26-20(24)22(16)19(23)17(21)18(25-3)15-9-8-13-6-4-5-7-14(13)10-15/h4-10,12,16-18H,11H2,1-3H3/t16-,17-,18-/m1/s1. The Labute approximate surface area is 166 Å². The molecule has 0 bridgehead atoms. The first-order chi connectivity index (χ1) is 12.4. The maximum absolute atomic E-state index is 13.0. The number of halogens is 1. The first kappa shape index (κ1) is 19.1. The lowest BCUT2D eigenvalue weighted by atomic mass is 10.00. The van der Waals surface area contributed by atoms with Gasteiger partial charge in [-0.2, -0.15) is 0 Å². The molecule has 5 nitrogen and oxygen atoms in total. The van der Waals surface area contributed by atoms with E-state index in [1.807, 2.05) is 56.3 Å². The van der Waals surface area contributed by atoms with Gasteiger partial charge in [-0.05, 0) is 28.3 Å². The van der Waals surface area contributed by atoms with Gasteiger partial charge in [-0.25, -0.2) is 9.69 Å². The fourth-order valence-electron chi connectivity index (χ4n) is 3.25. The van der Waals surface area contributed by atoms with E-state index < -0.39 is 16.1 Å². The number of methoxy groups -OCH3 is 1. The molecule has 0 spiro atoms. The topological polar surface area (TPSA) is 55.8 Å². The third-order valence-corrected chi connectivity index (χ3v) is 5.96.